The van der Waals surface area contributed by atoms with Crippen LogP contribution in [0, 0.1) is 17.0 Å². The van der Waals surface area contributed by atoms with Crippen molar-refractivity contribution in [2.24, 2.45) is 0 Å². The van der Waals surface area contributed by atoms with E-state index >= 15 is 0 Å². The summed E-state index contributed by atoms with van der Waals surface area (Å²) in [6, 6.07) is 4.36. The van der Waals surface area contributed by atoms with Crippen LogP contribution in [0.3, 0.4) is 0 Å². The van der Waals surface area contributed by atoms with Crippen LogP contribution in [0.2, 0.25) is 5.02 Å². The van der Waals surface area contributed by atoms with Crippen molar-refractivity contribution in [3.63, 3.8) is 0 Å². The molecule has 0 aliphatic carbocycles. The summed E-state index contributed by atoms with van der Waals surface area (Å²) in [6.45, 7) is 1.37. The molecular formula is C16H14ClF3N4O3. The molecule has 27 heavy (non-hydrogen) atoms. The molecule has 1 aromatic carbocycles. The second-order valence-electron chi connectivity index (χ2n) is 5.69. The van der Waals surface area contributed by atoms with Crippen molar-refractivity contribution < 1.29 is 22.9 Å². The molecule has 2 aromatic rings. The van der Waals surface area contributed by atoms with E-state index in [2.05, 4.69) is 10.3 Å². The zero-order valence-electron chi connectivity index (χ0n) is 14.2. The van der Waals surface area contributed by atoms with Crippen molar-refractivity contribution >= 4 is 34.7 Å². The number of nitrogens with zero attached hydrogens (tertiary/aromatic N) is 3. The standard InChI is InChI=1S/C16H14ClF3N4O3/c1-9-5-11(24(26)27)7-21-15(9)23(2)8-14(25)22-10-3-4-13(17)12(6-10)16(18,19)20/h3-7H,8H2,1-2H3,(H,22,25). The molecule has 1 amide bonds. The number of carbonyl (C=O) groups is 1. The van der Waals surface area contributed by atoms with Gasteiger partial charge in [-0.25, -0.2) is 4.98 Å². The van der Waals surface area contributed by atoms with Crippen LogP contribution in [0.4, 0.5) is 30.4 Å². The molecule has 1 aromatic heterocycles. The lowest BCUT2D eigenvalue weighted by Crippen LogP contribution is -2.31. The number of nitrogens with one attached hydrogen (secondary N) is 1. The van der Waals surface area contributed by atoms with Gasteiger partial charge in [-0.2, -0.15) is 13.2 Å². The number of carbonyl (C=O) groups excluding carboxylic acids is 1. The Morgan fingerprint density at radius 1 is 1.37 bits per heavy atom. The van der Waals surface area contributed by atoms with Gasteiger partial charge >= 0.3 is 6.18 Å². The fourth-order valence-electron chi connectivity index (χ4n) is 2.36. The van der Waals surface area contributed by atoms with E-state index in [0.717, 1.165) is 18.3 Å². The van der Waals surface area contributed by atoms with Crippen molar-refractivity contribution in [1.29, 1.82) is 0 Å². The number of pyridine rings is 1. The molecule has 144 valence electrons. The lowest BCUT2D eigenvalue weighted by molar-refractivity contribution is -0.385. The molecule has 0 aliphatic heterocycles. The summed E-state index contributed by atoms with van der Waals surface area (Å²) in [5, 5.41) is 12.6. The van der Waals surface area contributed by atoms with Gasteiger partial charge < -0.3 is 10.2 Å². The number of alkyl halides is 3. The third-order valence-corrected chi connectivity index (χ3v) is 3.87. The minimum absolute atomic E-state index is 0.0569. The molecule has 0 fully saturated rings. The van der Waals surface area contributed by atoms with Crippen molar-refractivity contribution in [2.75, 3.05) is 23.8 Å². The van der Waals surface area contributed by atoms with E-state index in [4.69, 9.17) is 11.6 Å². The van der Waals surface area contributed by atoms with Gasteiger partial charge in [0.1, 0.15) is 12.0 Å². The average Bonchev–Trinajstić information content (AvgIpc) is 2.55. The zero-order chi connectivity index (χ0) is 20.4. The number of rotatable bonds is 5. The van der Waals surface area contributed by atoms with Crippen LogP contribution >= 0.6 is 11.6 Å². The quantitative estimate of drug-likeness (QED) is 0.602. The van der Waals surface area contributed by atoms with E-state index in [1.807, 2.05) is 0 Å². The first-order chi connectivity index (χ1) is 12.5. The van der Waals surface area contributed by atoms with E-state index < -0.39 is 27.6 Å². The van der Waals surface area contributed by atoms with Gasteiger partial charge in [0.05, 0.1) is 22.1 Å². The van der Waals surface area contributed by atoms with Crippen LogP contribution in [0.25, 0.3) is 0 Å². The van der Waals surface area contributed by atoms with Crippen LogP contribution in [-0.2, 0) is 11.0 Å². The van der Waals surface area contributed by atoms with E-state index in [0.29, 0.717) is 11.4 Å². The maximum atomic E-state index is 12.9. The van der Waals surface area contributed by atoms with Gasteiger partial charge in [0.2, 0.25) is 5.91 Å². The maximum Gasteiger partial charge on any atom is 0.417 e. The monoisotopic (exact) mass is 402 g/mol. The van der Waals surface area contributed by atoms with E-state index in [1.165, 1.54) is 24.1 Å². The molecule has 0 atom stereocenters. The predicted molar refractivity (Wildman–Crippen MR) is 94.0 cm³/mol. The number of benzene rings is 1. The Morgan fingerprint density at radius 3 is 2.59 bits per heavy atom. The van der Waals surface area contributed by atoms with Gasteiger partial charge in [0.25, 0.3) is 5.69 Å². The van der Waals surface area contributed by atoms with Crippen LogP contribution in [0.15, 0.2) is 30.5 Å². The topological polar surface area (TPSA) is 88.4 Å². The lowest BCUT2D eigenvalue weighted by Gasteiger charge is -2.19. The number of aromatic nitrogens is 1. The van der Waals surface area contributed by atoms with Crippen molar-refractivity contribution in [3.8, 4) is 0 Å². The molecule has 0 spiro atoms. The molecule has 0 radical (unpaired) electrons. The Kier molecular flexibility index (Phi) is 5.89. The van der Waals surface area contributed by atoms with Crippen molar-refractivity contribution in [1.82, 2.24) is 4.98 Å². The third kappa shape index (κ3) is 5.07. The SMILES string of the molecule is Cc1cc([N+](=O)[O-])cnc1N(C)CC(=O)Nc1ccc(Cl)c(C(F)(F)F)c1. The summed E-state index contributed by atoms with van der Waals surface area (Å²) < 4.78 is 38.6. The fraction of sp³-hybridized carbons (Fsp3) is 0.250. The second-order valence-corrected chi connectivity index (χ2v) is 6.09. The highest BCUT2D eigenvalue weighted by molar-refractivity contribution is 6.31. The average molecular weight is 403 g/mol. The van der Waals surface area contributed by atoms with Gasteiger partial charge in [-0.15, -0.1) is 0 Å². The van der Waals surface area contributed by atoms with Gasteiger partial charge in [-0.3, -0.25) is 14.9 Å². The highest BCUT2D eigenvalue weighted by Crippen LogP contribution is 2.36. The molecule has 2 rings (SSSR count). The highest BCUT2D eigenvalue weighted by atomic mass is 35.5. The summed E-state index contributed by atoms with van der Waals surface area (Å²) in [6.07, 6.45) is -3.58. The van der Waals surface area contributed by atoms with Gasteiger partial charge in [0.15, 0.2) is 0 Å². The highest BCUT2D eigenvalue weighted by Gasteiger charge is 2.33. The first-order valence-corrected chi connectivity index (χ1v) is 7.85. The number of halogens is 4. The third-order valence-electron chi connectivity index (χ3n) is 3.54. The number of nitro groups is 1. The minimum Gasteiger partial charge on any atom is -0.350 e. The van der Waals surface area contributed by atoms with Crippen LogP contribution in [-0.4, -0.2) is 29.4 Å². The van der Waals surface area contributed by atoms with Gasteiger partial charge in [0, 0.05) is 18.8 Å². The zero-order valence-corrected chi connectivity index (χ0v) is 14.9. The number of hydrogen-bond acceptors (Lipinski definition) is 5. The Morgan fingerprint density at radius 2 is 2.04 bits per heavy atom. The van der Waals surface area contributed by atoms with Crippen molar-refractivity contribution in [2.45, 2.75) is 13.1 Å². The van der Waals surface area contributed by atoms with Crippen molar-refractivity contribution in [3.05, 3.63) is 56.7 Å². The number of anilines is 2. The first kappa shape index (κ1) is 20.4. The minimum atomic E-state index is -4.64. The Labute approximate surface area is 156 Å². The number of amides is 1. The van der Waals surface area contributed by atoms with Gasteiger partial charge in [-0.05, 0) is 30.7 Å². The molecule has 0 saturated carbocycles. The molecule has 11 heteroatoms. The molecular weight excluding hydrogens is 389 g/mol. The molecule has 1 heterocycles. The summed E-state index contributed by atoms with van der Waals surface area (Å²) in [5.74, 6) is -0.254. The molecule has 7 nitrogen and oxygen atoms in total. The lowest BCUT2D eigenvalue weighted by atomic mass is 10.2. The van der Waals surface area contributed by atoms with E-state index in [9.17, 15) is 28.1 Å². The molecule has 0 aliphatic rings. The summed E-state index contributed by atoms with van der Waals surface area (Å²) in [5.41, 5.74) is -0.818. The number of likely N-dealkylation sites (N-methyl/N-ethyl adjacent to an activating group) is 1. The van der Waals surface area contributed by atoms with Gasteiger partial charge in [-0.1, -0.05) is 11.6 Å². The fourth-order valence-corrected chi connectivity index (χ4v) is 2.59. The maximum absolute atomic E-state index is 12.9. The largest absolute Gasteiger partial charge is 0.417 e. The predicted octanol–water partition coefficient (Wildman–Crippen LogP) is 4.05. The molecule has 0 saturated heterocycles. The molecule has 0 bridgehead atoms. The number of hydrogen-bond donors (Lipinski definition) is 1. The summed E-state index contributed by atoms with van der Waals surface area (Å²) in [4.78, 5) is 27.7. The molecule has 1 N–H and O–H groups in total. The first-order valence-electron chi connectivity index (χ1n) is 7.48. The smallest absolute Gasteiger partial charge is 0.350 e. The van der Waals surface area contributed by atoms with Crippen LogP contribution in [0.5, 0.6) is 0 Å². The summed E-state index contributed by atoms with van der Waals surface area (Å²) in [7, 11) is 1.53. The molecule has 0 unspecified atom stereocenters. The number of aryl methyl sites for hydroxylation is 1. The normalized spacial score (nSPS) is 11.2. The van der Waals surface area contributed by atoms with E-state index in [-0.39, 0.29) is 17.9 Å². The summed E-state index contributed by atoms with van der Waals surface area (Å²) >= 11 is 5.54. The van der Waals surface area contributed by atoms with E-state index in [1.54, 1.807) is 6.92 Å². The Balaban J connectivity index is 2.11. The van der Waals surface area contributed by atoms with Crippen LogP contribution in [0.1, 0.15) is 11.1 Å². The van der Waals surface area contributed by atoms with Crippen LogP contribution < -0.4 is 10.2 Å². The Hall–Kier alpha value is -2.88. The Bertz CT molecular complexity index is 890. The second kappa shape index (κ2) is 7.78.